The first-order valence-corrected chi connectivity index (χ1v) is 9.02. The third-order valence-electron chi connectivity index (χ3n) is 5.39. The molecule has 0 spiro atoms. The number of pyridine rings is 1. The zero-order valence-electron chi connectivity index (χ0n) is 14.6. The first-order chi connectivity index (χ1) is 11.8. The van der Waals surface area contributed by atoms with Gasteiger partial charge in [0.05, 0.1) is 0 Å². The van der Waals surface area contributed by atoms with Gasteiger partial charge in [0.25, 0.3) is 0 Å². The Bertz CT molecular complexity index is 715. The lowest BCUT2D eigenvalue weighted by atomic mass is 10.2. The molecule has 0 amide bonds. The van der Waals surface area contributed by atoms with E-state index in [1.807, 2.05) is 24.4 Å². The molecular weight excluding hydrogens is 298 g/mol. The molecule has 0 saturated carbocycles. The third-order valence-corrected chi connectivity index (χ3v) is 5.39. The lowest BCUT2D eigenvalue weighted by Gasteiger charge is -2.24. The molecule has 5 heteroatoms. The van der Waals surface area contributed by atoms with E-state index >= 15 is 0 Å². The Morgan fingerprint density at radius 1 is 1.25 bits per heavy atom. The van der Waals surface area contributed by atoms with Crippen molar-refractivity contribution in [2.45, 2.75) is 38.6 Å². The quantitative estimate of drug-likeness (QED) is 0.865. The van der Waals surface area contributed by atoms with Crippen molar-refractivity contribution in [2.24, 2.45) is 0 Å². The lowest BCUT2D eigenvalue weighted by Crippen LogP contribution is -2.34. The van der Waals surface area contributed by atoms with E-state index in [9.17, 15) is 0 Å². The molecule has 5 nitrogen and oxygen atoms in total. The lowest BCUT2D eigenvalue weighted by molar-refractivity contribution is 0.272. The summed E-state index contributed by atoms with van der Waals surface area (Å²) in [5.41, 5.74) is 3.47. The summed E-state index contributed by atoms with van der Waals surface area (Å²) in [5, 5.41) is 0. The summed E-state index contributed by atoms with van der Waals surface area (Å²) in [6, 6.07) is 6.56. The average molecular weight is 323 g/mol. The Balaban J connectivity index is 1.69. The maximum absolute atomic E-state index is 4.95. The standard InChI is InChI=1S/C19H25N5/c1-3-23(2)14-10-12-24(13-14)19-15-7-6-9-16(15)21-18(22-19)17-8-4-5-11-20-17/h4-5,8,11,14H,3,6-7,9-10,12-13H2,1-2H3/t14-/m0/s1. The second-order valence-electron chi connectivity index (χ2n) is 6.83. The molecule has 0 N–H and O–H groups in total. The number of aryl methyl sites for hydroxylation is 1. The van der Waals surface area contributed by atoms with Crippen LogP contribution in [0.5, 0.6) is 0 Å². The molecule has 0 radical (unpaired) electrons. The monoisotopic (exact) mass is 323 g/mol. The van der Waals surface area contributed by atoms with Gasteiger partial charge in [0.2, 0.25) is 0 Å². The van der Waals surface area contributed by atoms with E-state index < -0.39 is 0 Å². The number of aromatic nitrogens is 3. The number of rotatable bonds is 4. The van der Waals surface area contributed by atoms with E-state index in [2.05, 4.69) is 28.8 Å². The summed E-state index contributed by atoms with van der Waals surface area (Å²) in [6.45, 7) is 5.47. The first kappa shape index (κ1) is 15.5. The topological polar surface area (TPSA) is 45.2 Å². The molecule has 2 aromatic rings. The molecule has 0 unspecified atom stereocenters. The fourth-order valence-electron chi connectivity index (χ4n) is 3.84. The van der Waals surface area contributed by atoms with Crippen molar-refractivity contribution in [3.8, 4) is 11.5 Å². The van der Waals surface area contributed by atoms with Gasteiger partial charge in [0.15, 0.2) is 5.82 Å². The van der Waals surface area contributed by atoms with Crippen LogP contribution in [0.1, 0.15) is 31.0 Å². The SMILES string of the molecule is CCN(C)[C@H]1CCN(c2nc(-c3ccccn3)nc3c2CCC3)C1. The highest BCUT2D eigenvalue weighted by atomic mass is 15.3. The number of anilines is 1. The number of hydrogen-bond acceptors (Lipinski definition) is 5. The highest BCUT2D eigenvalue weighted by Crippen LogP contribution is 2.33. The van der Waals surface area contributed by atoms with Gasteiger partial charge < -0.3 is 9.80 Å². The fourth-order valence-corrected chi connectivity index (χ4v) is 3.84. The number of nitrogens with zero attached hydrogens (tertiary/aromatic N) is 5. The Kier molecular flexibility index (Phi) is 4.19. The van der Waals surface area contributed by atoms with Crippen LogP contribution in [-0.4, -0.2) is 52.6 Å². The Labute approximate surface area is 143 Å². The minimum atomic E-state index is 0.625. The normalized spacial score (nSPS) is 20.0. The minimum absolute atomic E-state index is 0.625. The molecule has 1 saturated heterocycles. The van der Waals surface area contributed by atoms with Gasteiger partial charge in [0.1, 0.15) is 11.5 Å². The summed E-state index contributed by atoms with van der Waals surface area (Å²) in [5.74, 6) is 1.93. The van der Waals surface area contributed by atoms with E-state index in [4.69, 9.17) is 9.97 Å². The summed E-state index contributed by atoms with van der Waals surface area (Å²) in [6.07, 6.45) is 6.39. The summed E-state index contributed by atoms with van der Waals surface area (Å²) in [7, 11) is 2.22. The molecule has 4 rings (SSSR count). The predicted molar refractivity (Wildman–Crippen MR) is 96.2 cm³/mol. The van der Waals surface area contributed by atoms with E-state index in [0.717, 1.165) is 49.8 Å². The molecule has 1 aliphatic heterocycles. The van der Waals surface area contributed by atoms with Crippen LogP contribution in [0, 0.1) is 0 Å². The van der Waals surface area contributed by atoms with Gasteiger partial charge in [-0.05, 0) is 51.4 Å². The van der Waals surface area contributed by atoms with E-state index in [1.54, 1.807) is 0 Å². The van der Waals surface area contributed by atoms with Crippen LogP contribution in [0.2, 0.25) is 0 Å². The minimum Gasteiger partial charge on any atom is -0.355 e. The van der Waals surface area contributed by atoms with Crippen LogP contribution >= 0.6 is 0 Å². The summed E-state index contributed by atoms with van der Waals surface area (Å²) >= 11 is 0. The zero-order valence-corrected chi connectivity index (χ0v) is 14.6. The molecule has 1 atom stereocenters. The Hall–Kier alpha value is -2.01. The van der Waals surface area contributed by atoms with E-state index in [0.29, 0.717) is 6.04 Å². The van der Waals surface area contributed by atoms with E-state index in [-0.39, 0.29) is 0 Å². The van der Waals surface area contributed by atoms with Crippen LogP contribution in [0.4, 0.5) is 5.82 Å². The first-order valence-electron chi connectivity index (χ1n) is 9.02. The van der Waals surface area contributed by atoms with Gasteiger partial charge in [-0.1, -0.05) is 13.0 Å². The predicted octanol–water partition coefficient (Wildman–Crippen LogP) is 2.56. The second-order valence-corrected chi connectivity index (χ2v) is 6.83. The Morgan fingerprint density at radius 2 is 2.17 bits per heavy atom. The van der Waals surface area contributed by atoms with Gasteiger partial charge in [-0.25, -0.2) is 9.97 Å². The molecule has 1 aliphatic carbocycles. The second kappa shape index (κ2) is 6.48. The van der Waals surface area contributed by atoms with Gasteiger partial charge in [-0.3, -0.25) is 4.98 Å². The maximum atomic E-state index is 4.95. The average Bonchev–Trinajstić information content (AvgIpc) is 3.30. The molecule has 2 aromatic heterocycles. The molecule has 2 aliphatic rings. The maximum Gasteiger partial charge on any atom is 0.180 e. The number of likely N-dealkylation sites (N-methyl/N-ethyl adjacent to an activating group) is 1. The highest BCUT2D eigenvalue weighted by molar-refractivity contribution is 5.59. The molecular formula is C19H25N5. The summed E-state index contributed by atoms with van der Waals surface area (Å²) < 4.78 is 0. The van der Waals surface area contributed by atoms with Crippen molar-refractivity contribution in [3.63, 3.8) is 0 Å². The van der Waals surface area contributed by atoms with Gasteiger partial charge >= 0.3 is 0 Å². The summed E-state index contributed by atoms with van der Waals surface area (Å²) in [4.78, 5) is 19.1. The van der Waals surface area contributed by atoms with Gasteiger partial charge in [0, 0.05) is 36.6 Å². The van der Waals surface area contributed by atoms with Crippen LogP contribution in [0.25, 0.3) is 11.5 Å². The van der Waals surface area contributed by atoms with E-state index in [1.165, 1.54) is 24.1 Å². The molecule has 1 fully saturated rings. The van der Waals surface area contributed by atoms with Crippen molar-refractivity contribution in [2.75, 3.05) is 31.6 Å². The van der Waals surface area contributed by atoms with Crippen molar-refractivity contribution in [3.05, 3.63) is 35.7 Å². The zero-order chi connectivity index (χ0) is 16.5. The largest absolute Gasteiger partial charge is 0.355 e. The van der Waals surface area contributed by atoms with Crippen molar-refractivity contribution in [1.29, 1.82) is 0 Å². The van der Waals surface area contributed by atoms with Crippen LogP contribution in [-0.2, 0) is 12.8 Å². The highest BCUT2D eigenvalue weighted by Gasteiger charge is 2.30. The van der Waals surface area contributed by atoms with Crippen molar-refractivity contribution < 1.29 is 0 Å². The smallest absolute Gasteiger partial charge is 0.180 e. The third kappa shape index (κ3) is 2.77. The van der Waals surface area contributed by atoms with Gasteiger partial charge in [-0.15, -0.1) is 0 Å². The van der Waals surface area contributed by atoms with Crippen LogP contribution in [0.15, 0.2) is 24.4 Å². The molecule has 0 bridgehead atoms. The molecule has 24 heavy (non-hydrogen) atoms. The Morgan fingerprint density at radius 3 is 2.96 bits per heavy atom. The number of hydrogen-bond donors (Lipinski definition) is 0. The van der Waals surface area contributed by atoms with Crippen LogP contribution < -0.4 is 4.90 Å². The molecule has 0 aromatic carbocycles. The van der Waals surface area contributed by atoms with Crippen LogP contribution in [0.3, 0.4) is 0 Å². The van der Waals surface area contributed by atoms with Crippen molar-refractivity contribution in [1.82, 2.24) is 19.9 Å². The van der Waals surface area contributed by atoms with Gasteiger partial charge in [-0.2, -0.15) is 0 Å². The molecule has 3 heterocycles. The fraction of sp³-hybridized carbons (Fsp3) is 0.526. The van der Waals surface area contributed by atoms with Crippen molar-refractivity contribution >= 4 is 5.82 Å². The molecule has 126 valence electrons. The number of fused-ring (bicyclic) bond motifs is 1.